The summed E-state index contributed by atoms with van der Waals surface area (Å²) < 4.78 is 0. The number of hydrogen-bond donors (Lipinski definition) is 2. The second-order valence-electron chi connectivity index (χ2n) is 9.68. The molecule has 1 amide bonds. The Balaban J connectivity index is 1.42. The van der Waals surface area contributed by atoms with Crippen molar-refractivity contribution in [2.75, 3.05) is 5.32 Å². The summed E-state index contributed by atoms with van der Waals surface area (Å²) >= 11 is 0. The van der Waals surface area contributed by atoms with Crippen LogP contribution in [0.4, 0.5) is 5.69 Å². The fraction of sp³-hybridized carbons (Fsp3) is 0.600. The van der Waals surface area contributed by atoms with Crippen molar-refractivity contribution in [3.63, 3.8) is 0 Å². The van der Waals surface area contributed by atoms with Crippen LogP contribution in [-0.4, -0.2) is 26.5 Å². The zero-order chi connectivity index (χ0) is 18.0. The van der Waals surface area contributed by atoms with Crippen molar-refractivity contribution in [1.82, 2.24) is 20.6 Å². The highest BCUT2D eigenvalue weighted by Gasteiger charge is 2.62. The van der Waals surface area contributed by atoms with Gasteiger partial charge in [0.15, 0.2) is 0 Å². The lowest BCUT2D eigenvalue weighted by atomic mass is 9.40. The van der Waals surface area contributed by atoms with E-state index in [1.807, 2.05) is 24.3 Å². The Morgan fingerprint density at radius 1 is 1.15 bits per heavy atom. The normalized spacial score (nSPS) is 37.7. The Labute approximate surface area is 153 Å². The van der Waals surface area contributed by atoms with Crippen molar-refractivity contribution >= 4 is 11.6 Å². The summed E-state index contributed by atoms with van der Waals surface area (Å²) in [4.78, 5) is 13.4. The smallest absolute Gasteiger partial charge is 0.230 e. The number of aromatic nitrogens is 4. The number of amides is 1. The summed E-state index contributed by atoms with van der Waals surface area (Å²) in [5.74, 6) is 1.44. The van der Waals surface area contributed by atoms with Gasteiger partial charge in [-0.3, -0.25) is 4.79 Å². The summed E-state index contributed by atoms with van der Waals surface area (Å²) in [7, 11) is 0. The van der Waals surface area contributed by atoms with Gasteiger partial charge in [-0.05, 0) is 72.6 Å². The van der Waals surface area contributed by atoms with E-state index in [4.69, 9.17) is 0 Å². The van der Waals surface area contributed by atoms with Crippen molar-refractivity contribution in [1.29, 1.82) is 0 Å². The second-order valence-corrected chi connectivity index (χ2v) is 9.68. The van der Waals surface area contributed by atoms with Gasteiger partial charge in [0.2, 0.25) is 11.7 Å². The highest BCUT2D eigenvalue weighted by molar-refractivity contribution is 5.96. The Kier molecular flexibility index (Phi) is 3.16. The maximum atomic E-state index is 13.4. The average Bonchev–Trinajstić information content (AvgIpc) is 3.06. The molecule has 6 heteroatoms. The summed E-state index contributed by atoms with van der Waals surface area (Å²) in [5, 5.41) is 17.3. The van der Waals surface area contributed by atoms with Gasteiger partial charge < -0.3 is 5.32 Å². The lowest BCUT2D eigenvalue weighted by molar-refractivity contribution is -0.165. The Morgan fingerprint density at radius 3 is 2.58 bits per heavy atom. The molecule has 4 fully saturated rings. The molecule has 136 valence electrons. The molecule has 6 nitrogen and oxygen atoms in total. The van der Waals surface area contributed by atoms with Gasteiger partial charge in [0.25, 0.3) is 0 Å². The van der Waals surface area contributed by atoms with Crippen LogP contribution < -0.4 is 5.32 Å². The number of carbonyl (C=O) groups excluding carboxylic acids is 1. The number of nitrogens with one attached hydrogen (secondary N) is 2. The Morgan fingerprint density at radius 2 is 1.92 bits per heavy atom. The predicted molar refractivity (Wildman–Crippen MR) is 98.1 cm³/mol. The van der Waals surface area contributed by atoms with E-state index >= 15 is 0 Å². The summed E-state index contributed by atoms with van der Waals surface area (Å²) in [6, 6.07) is 7.70. The van der Waals surface area contributed by atoms with Crippen molar-refractivity contribution in [3.8, 4) is 11.4 Å². The summed E-state index contributed by atoms with van der Waals surface area (Å²) in [6.45, 7) is 4.79. The highest BCUT2D eigenvalue weighted by Crippen LogP contribution is 2.69. The van der Waals surface area contributed by atoms with Crippen LogP contribution in [0.25, 0.3) is 11.4 Å². The first-order valence-electron chi connectivity index (χ1n) is 9.53. The molecule has 0 saturated heterocycles. The zero-order valence-electron chi connectivity index (χ0n) is 15.4. The first-order chi connectivity index (χ1) is 12.4. The van der Waals surface area contributed by atoms with Gasteiger partial charge in [-0.2, -0.15) is 5.21 Å². The molecule has 4 aliphatic carbocycles. The minimum absolute atomic E-state index is 0.198. The maximum absolute atomic E-state index is 13.4. The van der Waals surface area contributed by atoms with E-state index in [9.17, 15) is 4.79 Å². The summed E-state index contributed by atoms with van der Waals surface area (Å²) in [5.41, 5.74) is 2.12. The van der Waals surface area contributed by atoms with Crippen molar-refractivity contribution < 1.29 is 4.79 Å². The van der Waals surface area contributed by atoms with Crippen LogP contribution in [0.2, 0.25) is 0 Å². The third-order valence-electron chi connectivity index (χ3n) is 6.83. The predicted octanol–water partition coefficient (Wildman–Crippen LogP) is 3.80. The quantitative estimate of drug-likeness (QED) is 0.881. The van der Waals surface area contributed by atoms with Crippen LogP contribution in [0, 0.1) is 22.2 Å². The molecule has 2 aromatic rings. The molecular weight excluding hydrogens is 326 g/mol. The number of rotatable bonds is 3. The molecule has 0 aliphatic heterocycles. The molecule has 4 aliphatic rings. The fourth-order valence-corrected chi connectivity index (χ4v) is 6.98. The minimum atomic E-state index is -0.203. The second kappa shape index (κ2) is 5.15. The molecule has 6 rings (SSSR count). The molecule has 1 heterocycles. The molecule has 1 aromatic heterocycles. The van der Waals surface area contributed by atoms with Gasteiger partial charge in [0.05, 0.1) is 5.41 Å². The molecule has 2 atom stereocenters. The topological polar surface area (TPSA) is 83.6 Å². The van der Waals surface area contributed by atoms with E-state index in [0.717, 1.165) is 30.5 Å². The van der Waals surface area contributed by atoms with Crippen molar-refractivity contribution in [2.24, 2.45) is 22.2 Å². The fourth-order valence-electron chi connectivity index (χ4n) is 6.98. The number of nitrogens with zero attached hydrogens (tertiary/aromatic N) is 3. The average molecular weight is 351 g/mol. The molecule has 4 saturated carbocycles. The van der Waals surface area contributed by atoms with E-state index in [1.54, 1.807) is 0 Å². The van der Waals surface area contributed by atoms with Gasteiger partial charge in [-0.15, -0.1) is 10.2 Å². The number of hydrogen-bond acceptors (Lipinski definition) is 4. The monoisotopic (exact) mass is 351 g/mol. The maximum Gasteiger partial charge on any atom is 0.230 e. The van der Waals surface area contributed by atoms with E-state index in [2.05, 4.69) is 39.8 Å². The number of tetrazole rings is 1. The molecule has 26 heavy (non-hydrogen) atoms. The third-order valence-corrected chi connectivity index (χ3v) is 6.83. The first kappa shape index (κ1) is 16.0. The van der Waals surface area contributed by atoms with Gasteiger partial charge in [0, 0.05) is 11.3 Å². The van der Waals surface area contributed by atoms with Crippen LogP contribution in [0.3, 0.4) is 0 Å². The van der Waals surface area contributed by atoms with Gasteiger partial charge in [-0.1, -0.05) is 26.0 Å². The first-order valence-corrected chi connectivity index (χ1v) is 9.53. The molecule has 0 unspecified atom stereocenters. The number of anilines is 1. The lowest BCUT2D eigenvalue weighted by Crippen LogP contribution is -2.58. The van der Waals surface area contributed by atoms with Gasteiger partial charge in [0.1, 0.15) is 0 Å². The molecule has 0 radical (unpaired) electrons. The Hall–Kier alpha value is -2.24. The standard InChI is InChI=1S/C20H25N5O/c1-18-7-13-8-19(2,10-18)12-20(9-13,11-18)17(26)21-15-5-3-4-14(6-15)16-22-24-25-23-16/h3-6,13H,7-12H2,1-2H3,(H,21,26)(H,22,23,24,25)/t13?,18-,19-,20?/m0/s1. The van der Waals surface area contributed by atoms with Crippen LogP contribution >= 0.6 is 0 Å². The van der Waals surface area contributed by atoms with Gasteiger partial charge >= 0.3 is 0 Å². The molecule has 1 aromatic carbocycles. The SMILES string of the molecule is C[C@@]12CC3CC(C(=O)Nc4cccc(-c5nn[nH]n5)c4)(C1)C[C@@](C)(C3)C2. The van der Waals surface area contributed by atoms with E-state index in [0.29, 0.717) is 22.6 Å². The molecule has 0 spiro atoms. The number of aromatic amines is 1. The van der Waals surface area contributed by atoms with E-state index in [1.165, 1.54) is 19.3 Å². The van der Waals surface area contributed by atoms with Crippen molar-refractivity contribution in [2.45, 2.75) is 52.4 Å². The van der Waals surface area contributed by atoms with E-state index < -0.39 is 0 Å². The number of carbonyl (C=O) groups is 1. The van der Waals surface area contributed by atoms with Crippen LogP contribution in [-0.2, 0) is 4.79 Å². The van der Waals surface area contributed by atoms with Crippen LogP contribution in [0.5, 0.6) is 0 Å². The highest BCUT2D eigenvalue weighted by atomic mass is 16.2. The van der Waals surface area contributed by atoms with Crippen LogP contribution in [0.15, 0.2) is 24.3 Å². The van der Waals surface area contributed by atoms with E-state index in [-0.39, 0.29) is 11.3 Å². The molecule has 2 N–H and O–H groups in total. The third kappa shape index (κ3) is 2.46. The number of benzene rings is 1. The zero-order valence-corrected chi connectivity index (χ0v) is 15.4. The molecule has 4 bridgehead atoms. The largest absolute Gasteiger partial charge is 0.326 e. The molecular formula is C20H25N5O. The van der Waals surface area contributed by atoms with Gasteiger partial charge in [-0.25, -0.2) is 0 Å². The lowest BCUT2D eigenvalue weighted by Gasteiger charge is -2.64. The summed E-state index contributed by atoms with van der Waals surface area (Å²) in [6.07, 6.45) is 6.98. The van der Waals surface area contributed by atoms with Crippen molar-refractivity contribution in [3.05, 3.63) is 24.3 Å². The van der Waals surface area contributed by atoms with Crippen LogP contribution in [0.1, 0.15) is 52.4 Å². The minimum Gasteiger partial charge on any atom is -0.326 e. The number of H-pyrrole nitrogens is 1. The Bertz CT molecular complexity index is 843.